The fraction of sp³-hybridized carbons (Fsp3) is 0.333. The lowest BCUT2D eigenvalue weighted by Crippen LogP contribution is -2.35. The molecule has 156 valence electrons. The first-order chi connectivity index (χ1) is 14.5. The molecule has 0 unspecified atom stereocenters. The van der Waals surface area contributed by atoms with Crippen LogP contribution in [0.15, 0.2) is 57.7 Å². The molecule has 1 aliphatic rings. The standard InChI is InChI=1S/C24H26N2O4/c1-4-15-29-17-11-9-16(10-12-17)21-20-22(27)18-7-5-6-8-19(18)30-23(20)24(28)26(21)14-13-25(2)3/h5-12,21H,4,13-15H2,1-3H3/t21-/m0/s1. The van der Waals surface area contributed by atoms with Gasteiger partial charge in [0.15, 0.2) is 5.43 Å². The topological polar surface area (TPSA) is 63.0 Å². The molecule has 4 rings (SSSR count). The molecule has 2 heterocycles. The predicted molar refractivity (Wildman–Crippen MR) is 116 cm³/mol. The van der Waals surface area contributed by atoms with E-state index in [9.17, 15) is 9.59 Å². The van der Waals surface area contributed by atoms with Crippen LogP contribution in [0.5, 0.6) is 5.75 Å². The lowest BCUT2D eigenvalue weighted by molar-refractivity contribution is 0.0716. The van der Waals surface area contributed by atoms with Crippen LogP contribution < -0.4 is 10.2 Å². The Balaban J connectivity index is 1.82. The van der Waals surface area contributed by atoms with Gasteiger partial charge in [-0.15, -0.1) is 0 Å². The Morgan fingerprint density at radius 2 is 1.80 bits per heavy atom. The maximum absolute atomic E-state index is 13.4. The molecule has 30 heavy (non-hydrogen) atoms. The monoisotopic (exact) mass is 406 g/mol. The molecule has 1 amide bonds. The molecule has 0 bridgehead atoms. The van der Waals surface area contributed by atoms with Gasteiger partial charge in [-0.1, -0.05) is 31.2 Å². The molecule has 0 aliphatic carbocycles. The van der Waals surface area contributed by atoms with Crippen LogP contribution in [-0.2, 0) is 0 Å². The summed E-state index contributed by atoms with van der Waals surface area (Å²) in [6.07, 6.45) is 0.929. The van der Waals surface area contributed by atoms with Crippen LogP contribution in [-0.4, -0.2) is 49.5 Å². The summed E-state index contributed by atoms with van der Waals surface area (Å²) in [6.45, 7) is 3.88. The second-order valence-corrected chi connectivity index (χ2v) is 7.79. The maximum Gasteiger partial charge on any atom is 0.290 e. The third-order valence-electron chi connectivity index (χ3n) is 5.33. The van der Waals surface area contributed by atoms with E-state index in [1.165, 1.54) is 0 Å². The number of ether oxygens (including phenoxy) is 1. The van der Waals surface area contributed by atoms with Crippen LogP contribution in [0.3, 0.4) is 0 Å². The summed E-state index contributed by atoms with van der Waals surface area (Å²) < 4.78 is 11.6. The SMILES string of the molecule is CCCOc1ccc([C@H]2c3c(oc4ccccc4c3=O)C(=O)N2CCN(C)C)cc1. The molecule has 0 radical (unpaired) electrons. The zero-order chi connectivity index (χ0) is 21.3. The molecule has 0 fully saturated rings. The fourth-order valence-corrected chi connectivity index (χ4v) is 3.82. The Bertz CT molecular complexity index is 1120. The largest absolute Gasteiger partial charge is 0.494 e. The van der Waals surface area contributed by atoms with Crippen LogP contribution in [0.1, 0.15) is 41.1 Å². The number of fused-ring (bicyclic) bond motifs is 2. The van der Waals surface area contributed by atoms with Crippen molar-refractivity contribution in [3.63, 3.8) is 0 Å². The van der Waals surface area contributed by atoms with E-state index in [2.05, 4.69) is 6.92 Å². The van der Waals surface area contributed by atoms with Crippen molar-refractivity contribution >= 4 is 16.9 Å². The smallest absolute Gasteiger partial charge is 0.290 e. The van der Waals surface area contributed by atoms with Crippen molar-refractivity contribution in [2.24, 2.45) is 0 Å². The van der Waals surface area contributed by atoms with Crippen LogP contribution in [0.25, 0.3) is 11.0 Å². The number of nitrogens with zero attached hydrogens (tertiary/aromatic N) is 2. The predicted octanol–water partition coefficient (Wildman–Crippen LogP) is 3.69. The molecular formula is C24H26N2O4. The third kappa shape index (κ3) is 3.59. The number of likely N-dealkylation sites (N-methyl/N-ethyl adjacent to an activating group) is 1. The van der Waals surface area contributed by atoms with Gasteiger partial charge in [0.2, 0.25) is 5.76 Å². The number of benzene rings is 2. The highest BCUT2D eigenvalue weighted by molar-refractivity contribution is 5.99. The first kappa shape index (κ1) is 20.2. The first-order valence-corrected chi connectivity index (χ1v) is 10.3. The van der Waals surface area contributed by atoms with E-state index >= 15 is 0 Å². The van der Waals surface area contributed by atoms with Crippen molar-refractivity contribution in [3.05, 3.63) is 75.6 Å². The molecule has 1 aliphatic heterocycles. The van der Waals surface area contributed by atoms with Gasteiger partial charge in [0.1, 0.15) is 11.3 Å². The molecular weight excluding hydrogens is 380 g/mol. The summed E-state index contributed by atoms with van der Waals surface area (Å²) in [5.41, 5.74) is 1.57. The van der Waals surface area contributed by atoms with Gasteiger partial charge in [-0.3, -0.25) is 9.59 Å². The van der Waals surface area contributed by atoms with Gasteiger partial charge in [-0.2, -0.15) is 0 Å². The minimum absolute atomic E-state index is 0.147. The number of para-hydroxylation sites is 1. The van der Waals surface area contributed by atoms with Gasteiger partial charge in [-0.25, -0.2) is 0 Å². The van der Waals surface area contributed by atoms with E-state index < -0.39 is 6.04 Å². The van der Waals surface area contributed by atoms with Crippen molar-refractivity contribution in [3.8, 4) is 5.75 Å². The van der Waals surface area contributed by atoms with Crippen molar-refractivity contribution in [2.45, 2.75) is 19.4 Å². The van der Waals surface area contributed by atoms with E-state index in [1.807, 2.05) is 43.3 Å². The summed E-state index contributed by atoms with van der Waals surface area (Å²) in [5.74, 6) is 0.676. The number of carbonyl (C=O) groups excluding carboxylic acids is 1. The summed E-state index contributed by atoms with van der Waals surface area (Å²) in [6, 6.07) is 14.2. The number of hydrogen-bond acceptors (Lipinski definition) is 5. The molecule has 2 aromatic carbocycles. The van der Waals surface area contributed by atoms with Gasteiger partial charge < -0.3 is 19.0 Å². The number of amides is 1. The molecule has 0 spiro atoms. The minimum atomic E-state index is -0.478. The van der Waals surface area contributed by atoms with Gasteiger partial charge in [-0.05, 0) is 50.3 Å². The highest BCUT2D eigenvalue weighted by Gasteiger charge is 2.42. The van der Waals surface area contributed by atoms with E-state index in [1.54, 1.807) is 29.2 Å². The Labute approximate surface area is 175 Å². The molecule has 1 aromatic heterocycles. The summed E-state index contributed by atoms with van der Waals surface area (Å²) in [5, 5.41) is 0.492. The average molecular weight is 406 g/mol. The molecule has 0 saturated carbocycles. The number of carbonyl (C=O) groups is 1. The number of hydrogen-bond donors (Lipinski definition) is 0. The van der Waals surface area contributed by atoms with Crippen molar-refractivity contribution in [2.75, 3.05) is 33.8 Å². The highest BCUT2D eigenvalue weighted by atomic mass is 16.5. The summed E-state index contributed by atoms with van der Waals surface area (Å²) >= 11 is 0. The molecule has 6 nitrogen and oxygen atoms in total. The van der Waals surface area contributed by atoms with Gasteiger partial charge in [0.25, 0.3) is 5.91 Å². The highest BCUT2D eigenvalue weighted by Crippen LogP contribution is 2.38. The first-order valence-electron chi connectivity index (χ1n) is 10.3. The maximum atomic E-state index is 13.4. The average Bonchev–Trinajstić information content (AvgIpc) is 3.03. The van der Waals surface area contributed by atoms with Gasteiger partial charge >= 0.3 is 0 Å². The molecule has 0 saturated heterocycles. The lowest BCUT2D eigenvalue weighted by atomic mass is 9.98. The normalized spacial score (nSPS) is 15.8. The Hall–Kier alpha value is -3.12. The Kier molecular flexibility index (Phi) is 5.59. The quantitative estimate of drug-likeness (QED) is 0.599. The van der Waals surface area contributed by atoms with Crippen LogP contribution in [0, 0.1) is 0 Å². The van der Waals surface area contributed by atoms with Gasteiger partial charge in [0.05, 0.1) is 23.6 Å². The summed E-state index contributed by atoms with van der Waals surface area (Å²) in [7, 11) is 3.92. The van der Waals surface area contributed by atoms with E-state index in [-0.39, 0.29) is 17.1 Å². The fourth-order valence-electron chi connectivity index (χ4n) is 3.82. The van der Waals surface area contributed by atoms with Crippen molar-refractivity contribution < 1.29 is 13.9 Å². The molecule has 6 heteroatoms. The van der Waals surface area contributed by atoms with Crippen LogP contribution >= 0.6 is 0 Å². The van der Waals surface area contributed by atoms with Crippen LogP contribution in [0.2, 0.25) is 0 Å². The summed E-state index contributed by atoms with van der Waals surface area (Å²) in [4.78, 5) is 30.4. The van der Waals surface area contributed by atoms with Crippen LogP contribution in [0.4, 0.5) is 0 Å². The molecule has 0 N–H and O–H groups in total. The third-order valence-corrected chi connectivity index (χ3v) is 5.33. The molecule has 3 aromatic rings. The number of rotatable bonds is 7. The minimum Gasteiger partial charge on any atom is -0.494 e. The second-order valence-electron chi connectivity index (χ2n) is 7.79. The zero-order valence-corrected chi connectivity index (χ0v) is 17.6. The lowest BCUT2D eigenvalue weighted by Gasteiger charge is -2.26. The Morgan fingerprint density at radius 1 is 1.07 bits per heavy atom. The van der Waals surface area contributed by atoms with E-state index in [0.29, 0.717) is 36.2 Å². The second kappa shape index (κ2) is 8.32. The van der Waals surface area contributed by atoms with Gasteiger partial charge in [0, 0.05) is 13.1 Å². The molecule has 1 atom stereocenters. The van der Waals surface area contributed by atoms with E-state index in [4.69, 9.17) is 9.15 Å². The zero-order valence-electron chi connectivity index (χ0n) is 17.6. The van der Waals surface area contributed by atoms with Crippen molar-refractivity contribution in [1.29, 1.82) is 0 Å². The van der Waals surface area contributed by atoms with Crippen molar-refractivity contribution in [1.82, 2.24) is 9.80 Å². The Morgan fingerprint density at radius 3 is 2.50 bits per heavy atom. The van der Waals surface area contributed by atoms with E-state index in [0.717, 1.165) is 17.7 Å².